The van der Waals surface area contributed by atoms with Gasteiger partial charge in [0.2, 0.25) is 0 Å². The topological polar surface area (TPSA) is 59.9 Å². The van der Waals surface area contributed by atoms with E-state index in [9.17, 15) is 4.79 Å². The minimum Gasteiger partial charge on any atom is -0.493 e. The molecule has 3 aromatic carbocycles. The summed E-state index contributed by atoms with van der Waals surface area (Å²) in [6.07, 6.45) is 1.74. The molecule has 1 saturated heterocycles. The van der Waals surface area contributed by atoms with Crippen molar-refractivity contribution in [3.8, 4) is 11.5 Å². The highest BCUT2D eigenvalue weighted by molar-refractivity contribution is 8.18. The van der Waals surface area contributed by atoms with Gasteiger partial charge < -0.3 is 14.8 Å². The van der Waals surface area contributed by atoms with Gasteiger partial charge in [0, 0.05) is 15.6 Å². The van der Waals surface area contributed by atoms with Crippen LogP contribution in [0.5, 0.6) is 11.5 Å². The Bertz CT molecular complexity index is 1330. The Kier molecular flexibility index (Phi) is 7.96. The highest BCUT2D eigenvalue weighted by Gasteiger charge is 2.24. The zero-order chi connectivity index (χ0) is 24.2. The standard InChI is InChI=1S/C24H16Cl4N2O3S/c1-32-20-9-13(5-8-19(20)33-12-14-6-7-15(25)11-17(14)27)10-21-23(31)30-24(34-21)29-18-4-2-3-16(26)22(18)28/h2-11H,12H2,1H3,(H,29,30,31)/b21-10-. The van der Waals surface area contributed by atoms with Crippen LogP contribution in [0.3, 0.4) is 0 Å². The summed E-state index contributed by atoms with van der Waals surface area (Å²) < 4.78 is 11.4. The van der Waals surface area contributed by atoms with E-state index in [1.54, 1.807) is 55.7 Å². The van der Waals surface area contributed by atoms with E-state index in [1.165, 1.54) is 11.8 Å². The molecule has 3 aromatic rings. The van der Waals surface area contributed by atoms with E-state index >= 15 is 0 Å². The molecule has 0 atom stereocenters. The fourth-order valence-corrected chi connectivity index (χ4v) is 4.64. The van der Waals surface area contributed by atoms with E-state index in [0.717, 1.165) is 11.1 Å². The number of nitrogens with one attached hydrogen (secondary N) is 1. The van der Waals surface area contributed by atoms with Crippen LogP contribution >= 0.6 is 58.2 Å². The van der Waals surface area contributed by atoms with Crippen molar-refractivity contribution in [3.05, 3.63) is 90.7 Å². The Balaban J connectivity index is 1.51. The van der Waals surface area contributed by atoms with Gasteiger partial charge in [-0.25, -0.2) is 4.99 Å². The number of halogens is 4. The zero-order valence-corrected chi connectivity index (χ0v) is 21.4. The number of nitrogens with zero attached hydrogens (tertiary/aromatic N) is 1. The molecule has 4 rings (SSSR count). The lowest BCUT2D eigenvalue weighted by atomic mass is 10.2. The lowest BCUT2D eigenvalue weighted by molar-refractivity contribution is -0.115. The predicted octanol–water partition coefficient (Wildman–Crippen LogP) is 7.78. The van der Waals surface area contributed by atoms with E-state index in [-0.39, 0.29) is 12.5 Å². The maximum absolute atomic E-state index is 12.4. The number of benzene rings is 3. The first-order chi connectivity index (χ1) is 16.3. The Morgan fingerprint density at radius 3 is 2.59 bits per heavy atom. The molecular weight excluding hydrogens is 538 g/mol. The molecule has 10 heteroatoms. The van der Waals surface area contributed by atoms with Crippen molar-refractivity contribution < 1.29 is 14.3 Å². The SMILES string of the molecule is COc1cc(/C=C2\SC(=Nc3cccc(Cl)c3Cl)NC2=O)ccc1OCc1ccc(Cl)cc1Cl. The second-order valence-corrected chi connectivity index (χ2v) is 9.65. The first kappa shape index (κ1) is 24.8. The number of ether oxygens (including phenoxy) is 2. The third-order valence-corrected chi connectivity index (χ3v) is 6.99. The summed E-state index contributed by atoms with van der Waals surface area (Å²) >= 11 is 25.6. The Labute approximate surface area is 220 Å². The number of hydrogen-bond donors (Lipinski definition) is 1. The van der Waals surface area contributed by atoms with Crippen LogP contribution in [0.4, 0.5) is 5.69 Å². The summed E-state index contributed by atoms with van der Waals surface area (Å²) in [5, 5.41) is 4.93. The van der Waals surface area contributed by atoms with Gasteiger partial charge in [-0.05, 0) is 59.8 Å². The van der Waals surface area contributed by atoms with Crippen LogP contribution in [0.25, 0.3) is 6.08 Å². The van der Waals surface area contributed by atoms with Gasteiger partial charge in [0.25, 0.3) is 5.91 Å². The smallest absolute Gasteiger partial charge is 0.264 e. The maximum Gasteiger partial charge on any atom is 0.264 e. The Morgan fingerprint density at radius 1 is 1.00 bits per heavy atom. The number of carbonyl (C=O) groups excluding carboxylic acids is 1. The van der Waals surface area contributed by atoms with Crippen molar-refractivity contribution in [1.82, 2.24) is 5.32 Å². The fraction of sp³-hybridized carbons (Fsp3) is 0.0833. The molecule has 1 amide bonds. The van der Waals surface area contributed by atoms with E-state index in [1.807, 2.05) is 12.1 Å². The fourth-order valence-electron chi connectivity index (χ4n) is 3.01. The van der Waals surface area contributed by atoms with Crippen LogP contribution in [-0.2, 0) is 11.4 Å². The van der Waals surface area contributed by atoms with Crippen molar-refractivity contribution in [2.45, 2.75) is 6.61 Å². The molecule has 1 fully saturated rings. The summed E-state index contributed by atoms with van der Waals surface area (Å²) in [5.41, 5.74) is 2.03. The van der Waals surface area contributed by atoms with Crippen molar-refractivity contribution in [2.75, 3.05) is 7.11 Å². The highest BCUT2D eigenvalue weighted by atomic mass is 35.5. The van der Waals surface area contributed by atoms with Gasteiger partial charge >= 0.3 is 0 Å². The molecule has 0 bridgehead atoms. The summed E-state index contributed by atoms with van der Waals surface area (Å²) in [6, 6.07) is 15.7. The van der Waals surface area contributed by atoms with Gasteiger partial charge in [-0.2, -0.15) is 0 Å². The van der Waals surface area contributed by atoms with Gasteiger partial charge in [-0.15, -0.1) is 0 Å². The molecule has 0 aliphatic carbocycles. The van der Waals surface area contributed by atoms with Gasteiger partial charge in [0.1, 0.15) is 6.61 Å². The first-order valence-electron chi connectivity index (χ1n) is 9.82. The van der Waals surface area contributed by atoms with Crippen LogP contribution in [0.2, 0.25) is 20.1 Å². The molecule has 34 heavy (non-hydrogen) atoms. The molecule has 0 saturated carbocycles. The summed E-state index contributed by atoms with van der Waals surface area (Å²) in [7, 11) is 1.55. The number of hydrogen-bond acceptors (Lipinski definition) is 5. The molecule has 1 aliphatic rings. The maximum atomic E-state index is 12.4. The number of carbonyl (C=O) groups is 1. The minimum atomic E-state index is -0.265. The minimum absolute atomic E-state index is 0.247. The van der Waals surface area contributed by atoms with Crippen molar-refractivity contribution in [3.63, 3.8) is 0 Å². The highest BCUT2D eigenvalue weighted by Crippen LogP contribution is 2.36. The number of rotatable bonds is 6. The Morgan fingerprint density at radius 2 is 1.82 bits per heavy atom. The van der Waals surface area contributed by atoms with Gasteiger partial charge in [0.15, 0.2) is 16.7 Å². The molecule has 0 radical (unpaired) electrons. The average molecular weight is 554 g/mol. The molecule has 1 aliphatic heterocycles. The summed E-state index contributed by atoms with van der Waals surface area (Å²) in [4.78, 5) is 17.3. The van der Waals surface area contributed by atoms with Crippen LogP contribution in [0, 0.1) is 0 Å². The van der Waals surface area contributed by atoms with Crippen LogP contribution in [0.1, 0.15) is 11.1 Å². The third kappa shape index (κ3) is 5.82. The average Bonchev–Trinajstić information content (AvgIpc) is 3.15. The van der Waals surface area contributed by atoms with E-state index in [2.05, 4.69) is 10.3 Å². The first-order valence-corrected chi connectivity index (χ1v) is 12.2. The largest absolute Gasteiger partial charge is 0.493 e. The van der Waals surface area contributed by atoms with Crippen LogP contribution in [0.15, 0.2) is 64.5 Å². The van der Waals surface area contributed by atoms with E-state index in [0.29, 0.717) is 47.3 Å². The summed E-state index contributed by atoms with van der Waals surface area (Å²) in [6.45, 7) is 0.247. The Hall–Kier alpha value is -2.35. The molecule has 0 unspecified atom stereocenters. The van der Waals surface area contributed by atoms with Gasteiger partial charge in [-0.3, -0.25) is 4.79 Å². The van der Waals surface area contributed by atoms with Crippen molar-refractivity contribution >= 4 is 81.0 Å². The monoisotopic (exact) mass is 552 g/mol. The molecule has 174 valence electrons. The second kappa shape index (κ2) is 10.9. The van der Waals surface area contributed by atoms with Crippen LogP contribution < -0.4 is 14.8 Å². The molecule has 5 nitrogen and oxygen atoms in total. The number of methoxy groups -OCH3 is 1. The normalized spacial score (nSPS) is 15.6. The molecule has 0 spiro atoms. The molecule has 1 heterocycles. The lowest BCUT2D eigenvalue weighted by Gasteiger charge is -2.12. The van der Waals surface area contributed by atoms with Gasteiger partial charge in [-0.1, -0.05) is 64.6 Å². The number of aliphatic imine (C=N–C) groups is 1. The van der Waals surface area contributed by atoms with Crippen molar-refractivity contribution in [2.24, 2.45) is 4.99 Å². The zero-order valence-electron chi connectivity index (χ0n) is 17.6. The van der Waals surface area contributed by atoms with E-state index < -0.39 is 0 Å². The number of amides is 1. The number of amidine groups is 1. The number of thioether (sulfide) groups is 1. The predicted molar refractivity (Wildman–Crippen MR) is 141 cm³/mol. The summed E-state index contributed by atoms with van der Waals surface area (Å²) in [5.74, 6) is 0.790. The molecular formula is C24H16Cl4N2O3S. The van der Waals surface area contributed by atoms with Gasteiger partial charge in [0.05, 0.1) is 27.7 Å². The lowest BCUT2D eigenvalue weighted by Crippen LogP contribution is -2.19. The third-order valence-electron chi connectivity index (χ3n) is 4.69. The van der Waals surface area contributed by atoms with Crippen LogP contribution in [-0.4, -0.2) is 18.2 Å². The van der Waals surface area contributed by atoms with E-state index in [4.69, 9.17) is 55.9 Å². The quantitative estimate of drug-likeness (QED) is 0.316. The molecule has 0 aromatic heterocycles. The molecule has 1 N–H and O–H groups in total. The van der Waals surface area contributed by atoms with Crippen molar-refractivity contribution in [1.29, 1.82) is 0 Å². The second-order valence-electron chi connectivity index (χ2n) is 6.99.